The molecule has 6 nitrogen and oxygen atoms in total. The molecule has 0 aliphatic heterocycles. The zero-order valence-corrected chi connectivity index (χ0v) is 16.1. The van der Waals surface area contributed by atoms with Gasteiger partial charge < -0.3 is 24.8 Å². The molecule has 0 bridgehead atoms. The normalized spacial score (nSPS) is 24.2. The lowest BCUT2D eigenvalue weighted by Gasteiger charge is -2.29. The van der Waals surface area contributed by atoms with Crippen LogP contribution in [-0.2, 0) is 0 Å². The number of rotatable bonds is 6. The lowest BCUT2D eigenvalue weighted by molar-refractivity contribution is 0.0209. The highest BCUT2D eigenvalue weighted by Gasteiger charge is 2.45. The molecule has 0 saturated heterocycles. The van der Waals surface area contributed by atoms with Crippen molar-refractivity contribution in [1.29, 1.82) is 0 Å². The van der Waals surface area contributed by atoms with Crippen molar-refractivity contribution in [1.82, 2.24) is 10.2 Å². The van der Waals surface area contributed by atoms with E-state index in [1.807, 2.05) is 19.0 Å². The standard InChI is InChI=1S/C21H25FN2O4/c1-24(2)19-17(23-21(26)13-6-4-8-15(10-13)27-3)12-18(20(19)25)28-16-9-5-7-14(22)11-16/h4-11,17-20,25H,12H2,1-3H3,(H,23,26)/t17-,18-,19+,20+/m1/s1. The highest BCUT2D eigenvalue weighted by molar-refractivity contribution is 5.94. The Bertz CT molecular complexity index is 830. The molecule has 2 N–H and O–H groups in total. The fraction of sp³-hybridized carbons (Fsp3) is 0.381. The summed E-state index contributed by atoms with van der Waals surface area (Å²) in [7, 11) is 5.22. The Balaban J connectivity index is 1.74. The van der Waals surface area contributed by atoms with Gasteiger partial charge >= 0.3 is 0 Å². The number of likely N-dealkylation sites (N-methyl/N-ethyl adjacent to an activating group) is 1. The first kappa shape index (κ1) is 20.1. The van der Waals surface area contributed by atoms with E-state index in [0.29, 0.717) is 23.5 Å². The third kappa shape index (κ3) is 4.43. The van der Waals surface area contributed by atoms with Gasteiger partial charge in [0.25, 0.3) is 5.91 Å². The Kier molecular flexibility index (Phi) is 6.16. The molecule has 0 radical (unpaired) electrons. The van der Waals surface area contributed by atoms with E-state index in [1.165, 1.54) is 12.1 Å². The van der Waals surface area contributed by atoms with E-state index >= 15 is 0 Å². The molecule has 1 fully saturated rings. The maximum absolute atomic E-state index is 13.4. The molecule has 2 aromatic carbocycles. The van der Waals surface area contributed by atoms with Crippen molar-refractivity contribution in [2.75, 3.05) is 21.2 Å². The highest BCUT2D eigenvalue weighted by atomic mass is 19.1. The van der Waals surface area contributed by atoms with Crippen LogP contribution >= 0.6 is 0 Å². The van der Waals surface area contributed by atoms with Crippen LogP contribution in [0.3, 0.4) is 0 Å². The van der Waals surface area contributed by atoms with Gasteiger partial charge in [-0.1, -0.05) is 12.1 Å². The fourth-order valence-corrected chi connectivity index (χ4v) is 3.65. The summed E-state index contributed by atoms with van der Waals surface area (Å²) in [5.41, 5.74) is 0.473. The van der Waals surface area contributed by atoms with E-state index in [-0.39, 0.29) is 18.0 Å². The minimum Gasteiger partial charge on any atom is -0.497 e. The first-order valence-electron chi connectivity index (χ1n) is 9.10. The number of halogens is 1. The molecule has 1 amide bonds. The van der Waals surface area contributed by atoms with Crippen LogP contribution in [0.4, 0.5) is 4.39 Å². The predicted octanol–water partition coefficient (Wildman–Crippen LogP) is 2.08. The van der Waals surface area contributed by atoms with Crippen molar-refractivity contribution >= 4 is 5.91 Å². The molecule has 1 saturated carbocycles. The maximum atomic E-state index is 13.4. The zero-order valence-electron chi connectivity index (χ0n) is 16.1. The van der Waals surface area contributed by atoms with Crippen molar-refractivity contribution < 1.29 is 23.8 Å². The summed E-state index contributed by atoms with van der Waals surface area (Å²) < 4.78 is 24.4. The molecule has 1 aliphatic rings. The number of carbonyl (C=O) groups is 1. The highest BCUT2D eigenvalue weighted by Crippen LogP contribution is 2.29. The maximum Gasteiger partial charge on any atom is 0.251 e. The lowest BCUT2D eigenvalue weighted by atomic mass is 10.1. The van der Waals surface area contributed by atoms with Gasteiger partial charge in [-0.15, -0.1) is 0 Å². The third-order valence-electron chi connectivity index (χ3n) is 4.96. The average Bonchev–Trinajstić information content (AvgIpc) is 2.96. The Morgan fingerprint density at radius 3 is 2.57 bits per heavy atom. The average molecular weight is 388 g/mol. The molecule has 28 heavy (non-hydrogen) atoms. The summed E-state index contributed by atoms with van der Waals surface area (Å²) in [5, 5.41) is 13.7. The Labute approximate surface area is 163 Å². The molecular weight excluding hydrogens is 363 g/mol. The third-order valence-corrected chi connectivity index (χ3v) is 4.96. The van der Waals surface area contributed by atoms with Gasteiger partial charge in [0, 0.05) is 18.1 Å². The molecule has 4 atom stereocenters. The molecule has 0 unspecified atom stereocenters. The lowest BCUT2D eigenvalue weighted by Crippen LogP contribution is -2.50. The number of nitrogens with zero attached hydrogens (tertiary/aromatic N) is 1. The molecule has 7 heteroatoms. The Morgan fingerprint density at radius 2 is 1.89 bits per heavy atom. The van der Waals surface area contributed by atoms with Gasteiger partial charge in [-0.2, -0.15) is 0 Å². The van der Waals surface area contributed by atoms with Crippen LogP contribution in [0.25, 0.3) is 0 Å². The number of ether oxygens (including phenoxy) is 2. The zero-order chi connectivity index (χ0) is 20.3. The number of aliphatic hydroxyl groups is 1. The second-order valence-corrected chi connectivity index (χ2v) is 7.11. The van der Waals surface area contributed by atoms with E-state index in [9.17, 15) is 14.3 Å². The number of nitrogens with one attached hydrogen (secondary N) is 1. The smallest absolute Gasteiger partial charge is 0.251 e. The molecule has 1 aliphatic carbocycles. The molecule has 0 heterocycles. The number of hydrogen-bond donors (Lipinski definition) is 2. The molecular formula is C21H25FN2O4. The number of aliphatic hydroxyl groups excluding tert-OH is 1. The minimum atomic E-state index is -0.839. The summed E-state index contributed by atoms with van der Waals surface area (Å²) in [6.07, 6.45) is -1.00. The van der Waals surface area contributed by atoms with Gasteiger partial charge in [-0.25, -0.2) is 4.39 Å². The summed E-state index contributed by atoms with van der Waals surface area (Å²) in [6, 6.07) is 12.0. The van der Waals surface area contributed by atoms with E-state index in [1.54, 1.807) is 43.5 Å². The summed E-state index contributed by atoms with van der Waals surface area (Å²) >= 11 is 0. The van der Waals surface area contributed by atoms with Crippen molar-refractivity contribution in [3.05, 3.63) is 59.9 Å². The van der Waals surface area contributed by atoms with Crippen molar-refractivity contribution in [2.24, 2.45) is 0 Å². The Hall–Kier alpha value is -2.64. The first-order valence-corrected chi connectivity index (χ1v) is 9.10. The minimum absolute atomic E-state index is 0.255. The van der Waals surface area contributed by atoms with Crippen LogP contribution in [0.1, 0.15) is 16.8 Å². The van der Waals surface area contributed by atoms with Crippen molar-refractivity contribution in [3.8, 4) is 11.5 Å². The van der Waals surface area contributed by atoms with Crippen LogP contribution < -0.4 is 14.8 Å². The second-order valence-electron chi connectivity index (χ2n) is 7.11. The topological polar surface area (TPSA) is 71.0 Å². The van der Waals surface area contributed by atoms with E-state index in [4.69, 9.17) is 9.47 Å². The predicted molar refractivity (Wildman–Crippen MR) is 103 cm³/mol. The van der Waals surface area contributed by atoms with Crippen LogP contribution in [0.5, 0.6) is 11.5 Å². The summed E-state index contributed by atoms with van der Waals surface area (Å²) in [6.45, 7) is 0. The number of methoxy groups -OCH3 is 1. The number of benzene rings is 2. The van der Waals surface area contributed by atoms with Crippen LogP contribution in [0.2, 0.25) is 0 Å². The van der Waals surface area contributed by atoms with Gasteiger partial charge in [0.15, 0.2) is 0 Å². The van der Waals surface area contributed by atoms with Gasteiger partial charge in [0.1, 0.15) is 29.5 Å². The van der Waals surface area contributed by atoms with Crippen molar-refractivity contribution in [3.63, 3.8) is 0 Å². The van der Waals surface area contributed by atoms with Gasteiger partial charge in [0.2, 0.25) is 0 Å². The largest absolute Gasteiger partial charge is 0.497 e. The van der Waals surface area contributed by atoms with Gasteiger partial charge in [-0.05, 0) is 44.4 Å². The monoisotopic (exact) mass is 388 g/mol. The van der Waals surface area contributed by atoms with Gasteiger partial charge in [0.05, 0.1) is 19.2 Å². The molecule has 0 spiro atoms. The molecule has 0 aromatic heterocycles. The number of carbonyl (C=O) groups excluding carboxylic acids is 1. The second kappa shape index (κ2) is 8.58. The Morgan fingerprint density at radius 1 is 1.18 bits per heavy atom. The van der Waals surface area contributed by atoms with Crippen LogP contribution in [-0.4, -0.2) is 61.4 Å². The van der Waals surface area contributed by atoms with E-state index in [2.05, 4.69) is 5.32 Å². The quantitative estimate of drug-likeness (QED) is 0.793. The van der Waals surface area contributed by atoms with Crippen LogP contribution in [0, 0.1) is 5.82 Å². The number of hydrogen-bond acceptors (Lipinski definition) is 5. The molecule has 150 valence electrons. The first-order chi connectivity index (χ1) is 13.4. The summed E-state index contributed by atoms with van der Waals surface area (Å²) in [4.78, 5) is 14.6. The molecule has 2 aromatic rings. The number of amides is 1. The molecule has 3 rings (SSSR count). The van der Waals surface area contributed by atoms with E-state index in [0.717, 1.165) is 0 Å². The van der Waals surface area contributed by atoms with Gasteiger partial charge in [-0.3, -0.25) is 4.79 Å². The van der Waals surface area contributed by atoms with Crippen molar-refractivity contribution in [2.45, 2.75) is 30.7 Å². The fourth-order valence-electron chi connectivity index (χ4n) is 3.65. The van der Waals surface area contributed by atoms with E-state index < -0.39 is 18.0 Å². The van der Waals surface area contributed by atoms with Crippen LogP contribution in [0.15, 0.2) is 48.5 Å². The SMILES string of the molecule is COc1cccc(C(=O)N[C@@H]2C[C@@H](Oc3cccc(F)c3)[C@H](O)[C@H]2N(C)C)c1. The summed E-state index contributed by atoms with van der Waals surface area (Å²) in [5.74, 6) is 0.281.